The molecule has 3 amide bonds. The third kappa shape index (κ3) is 5.09. The maximum atomic E-state index is 13.8. The molecule has 4 atom stereocenters. The van der Waals surface area contributed by atoms with Crippen molar-refractivity contribution in [3.05, 3.63) is 23.5 Å². The average Bonchev–Trinajstić information content (AvgIpc) is 2.98. The third-order valence-electron chi connectivity index (χ3n) is 6.30. The molecule has 1 aromatic rings. The highest BCUT2D eigenvalue weighted by Gasteiger charge is 2.68. The minimum absolute atomic E-state index is 0.0986. The molecule has 0 spiro atoms. The number of aromatic amines is 1. The lowest BCUT2D eigenvalue weighted by molar-refractivity contribution is -0.125. The number of alkyl halides is 2. The Morgan fingerprint density at radius 2 is 1.94 bits per heavy atom. The van der Waals surface area contributed by atoms with Gasteiger partial charge in [0.05, 0.1) is 6.07 Å². The number of carbonyl (C=O) groups excluding carboxylic acids is 3. The second-order valence-electron chi connectivity index (χ2n) is 9.93. The van der Waals surface area contributed by atoms with E-state index in [2.05, 4.69) is 20.9 Å². The van der Waals surface area contributed by atoms with Crippen LogP contribution in [0.5, 0.6) is 0 Å². The Bertz CT molecular complexity index is 967. The van der Waals surface area contributed by atoms with Crippen LogP contribution in [0.2, 0.25) is 0 Å². The number of amides is 3. The molecule has 0 aromatic carbocycles. The Morgan fingerprint density at radius 1 is 1.28 bits per heavy atom. The highest BCUT2D eigenvalue weighted by Crippen LogP contribution is 2.62. The predicted octanol–water partition coefficient (Wildman–Crippen LogP) is 2.17. The summed E-state index contributed by atoms with van der Waals surface area (Å²) in [6, 6.07) is 2.93. The molecule has 2 aliphatic rings. The standard InChI is InChI=1S/C22H29F2N5O3/c1-12-5-6-15(26-12)18(31)28-16(9-21(4)11-22(21,23)24)19(32)27-14(10-25)7-13-8-20(2,3)29-17(13)30/h5-6,13-14,16,26H,7-9,11H2,1-4H3,(H,27,32)(H,28,31)(H,29,30)/t13-,14+,16+,21?/m1/s1. The van der Waals surface area contributed by atoms with Crippen LogP contribution in [0.3, 0.4) is 0 Å². The number of nitrogens with zero attached hydrogens (tertiary/aromatic N) is 1. The second kappa shape index (κ2) is 8.19. The highest BCUT2D eigenvalue weighted by atomic mass is 19.3. The summed E-state index contributed by atoms with van der Waals surface area (Å²) in [4.78, 5) is 40.5. The number of hydrogen-bond donors (Lipinski definition) is 4. The monoisotopic (exact) mass is 449 g/mol. The summed E-state index contributed by atoms with van der Waals surface area (Å²) in [7, 11) is 0. The van der Waals surface area contributed by atoms with E-state index >= 15 is 0 Å². The van der Waals surface area contributed by atoms with Gasteiger partial charge < -0.3 is 20.9 Å². The molecule has 1 aliphatic carbocycles. The SMILES string of the molecule is Cc1ccc(C(=O)N[C@@H](CC2(C)CC2(F)F)C(=O)N[C@H](C#N)C[C@@H]2CC(C)(C)NC2=O)[nH]1. The van der Waals surface area contributed by atoms with Crippen LogP contribution in [0.15, 0.2) is 12.1 Å². The van der Waals surface area contributed by atoms with Crippen molar-refractivity contribution in [1.82, 2.24) is 20.9 Å². The fourth-order valence-electron chi connectivity index (χ4n) is 4.29. The van der Waals surface area contributed by atoms with Crippen molar-refractivity contribution in [2.45, 2.75) is 76.9 Å². The van der Waals surface area contributed by atoms with Crippen molar-refractivity contribution in [3.8, 4) is 6.07 Å². The molecule has 0 radical (unpaired) electrons. The summed E-state index contributed by atoms with van der Waals surface area (Å²) in [6.45, 7) is 6.86. The van der Waals surface area contributed by atoms with Crippen LogP contribution >= 0.6 is 0 Å². The van der Waals surface area contributed by atoms with Crippen LogP contribution in [0.1, 0.15) is 62.6 Å². The van der Waals surface area contributed by atoms with E-state index in [0.717, 1.165) is 5.69 Å². The first kappa shape index (κ1) is 23.7. The molecule has 2 heterocycles. The van der Waals surface area contributed by atoms with Crippen molar-refractivity contribution >= 4 is 17.7 Å². The zero-order valence-electron chi connectivity index (χ0n) is 18.6. The molecular weight excluding hydrogens is 420 g/mol. The molecule has 4 N–H and O–H groups in total. The van der Waals surface area contributed by atoms with E-state index in [1.165, 1.54) is 13.0 Å². The number of nitrogens with one attached hydrogen (secondary N) is 4. The summed E-state index contributed by atoms with van der Waals surface area (Å²) >= 11 is 0. The average molecular weight is 450 g/mol. The summed E-state index contributed by atoms with van der Waals surface area (Å²) in [5, 5.41) is 17.4. The molecule has 2 fully saturated rings. The van der Waals surface area contributed by atoms with Crippen molar-refractivity contribution in [1.29, 1.82) is 5.26 Å². The van der Waals surface area contributed by atoms with Gasteiger partial charge in [0.15, 0.2) is 0 Å². The number of aromatic nitrogens is 1. The predicted molar refractivity (Wildman–Crippen MR) is 112 cm³/mol. The van der Waals surface area contributed by atoms with Crippen molar-refractivity contribution in [2.75, 3.05) is 0 Å². The lowest BCUT2D eigenvalue weighted by atomic mass is 9.91. The first-order valence-electron chi connectivity index (χ1n) is 10.6. The molecule has 1 saturated heterocycles. The van der Waals surface area contributed by atoms with E-state index in [0.29, 0.717) is 6.42 Å². The number of aryl methyl sites for hydroxylation is 1. The Morgan fingerprint density at radius 3 is 2.41 bits per heavy atom. The van der Waals surface area contributed by atoms with E-state index in [9.17, 15) is 28.4 Å². The van der Waals surface area contributed by atoms with E-state index in [1.54, 1.807) is 13.0 Å². The number of H-pyrrole nitrogens is 1. The summed E-state index contributed by atoms with van der Waals surface area (Å²) < 4.78 is 27.7. The van der Waals surface area contributed by atoms with Gasteiger partial charge in [-0.05, 0) is 52.2 Å². The minimum atomic E-state index is -2.92. The van der Waals surface area contributed by atoms with Gasteiger partial charge in [-0.15, -0.1) is 0 Å². The molecule has 3 rings (SSSR count). The van der Waals surface area contributed by atoms with Gasteiger partial charge >= 0.3 is 0 Å². The van der Waals surface area contributed by atoms with E-state index < -0.39 is 46.7 Å². The van der Waals surface area contributed by atoms with Crippen molar-refractivity contribution in [2.24, 2.45) is 11.3 Å². The zero-order chi connectivity index (χ0) is 23.9. The Balaban J connectivity index is 1.70. The molecular formula is C22H29F2N5O3. The van der Waals surface area contributed by atoms with Crippen LogP contribution in [-0.2, 0) is 9.59 Å². The molecule has 1 aromatic heterocycles. The lowest BCUT2D eigenvalue weighted by Gasteiger charge is -2.24. The summed E-state index contributed by atoms with van der Waals surface area (Å²) in [5.41, 5.74) is -0.873. The van der Waals surface area contributed by atoms with Gasteiger partial charge in [0, 0.05) is 29.0 Å². The number of rotatable bonds is 8. The molecule has 8 nitrogen and oxygen atoms in total. The van der Waals surface area contributed by atoms with Gasteiger partial charge in [-0.25, -0.2) is 8.78 Å². The smallest absolute Gasteiger partial charge is 0.268 e. The number of hydrogen-bond acceptors (Lipinski definition) is 4. The van der Waals surface area contributed by atoms with E-state index in [1.807, 2.05) is 19.9 Å². The Hall–Kier alpha value is -2.96. The van der Waals surface area contributed by atoms with E-state index in [4.69, 9.17) is 0 Å². The maximum absolute atomic E-state index is 13.8. The van der Waals surface area contributed by atoms with Crippen molar-refractivity contribution < 1.29 is 23.2 Å². The van der Waals surface area contributed by atoms with Gasteiger partial charge in [0.2, 0.25) is 11.8 Å². The zero-order valence-corrected chi connectivity index (χ0v) is 18.6. The minimum Gasteiger partial charge on any atom is -0.355 e. The lowest BCUT2D eigenvalue weighted by Crippen LogP contribution is -2.51. The van der Waals surface area contributed by atoms with Crippen LogP contribution < -0.4 is 16.0 Å². The topological polar surface area (TPSA) is 127 Å². The summed E-state index contributed by atoms with van der Waals surface area (Å²) in [5.74, 6) is -4.88. The molecule has 174 valence electrons. The molecule has 32 heavy (non-hydrogen) atoms. The third-order valence-corrected chi connectivity index (χ3v) is 6.30. The number of nitriles is 1. The van der Waals surface area contributed by atoms with Crippen LogP contribution in [0.4, 0.5) is 8.78 Å². The molecule has 1 aliphatic heterocycles. The van der Waals surface area contributed by atoms with Gasteiger partial charge in [-0.3, -0.25) is 14.4 Å². The van der Waals surface area contributed by atoms with Gasteiger partial charge in [0.1, 0.15) is 17.8 Å². The first-order valence-corrected chi connectivity index (χ1v) is 10.6. The molecule has 1 unspecified atom stereocenters. The van der Waals surface area contributed by atoms with Crippen molar-refractivity contribution in [3.63, 3.8) is 0 Å². The van der Waals surface area contributed by atoms with Gasteiger partial charge in [-0.2, -0.15) is 5.26 Å². The summed E-state index contributed by atoms with van der Waals surface area (Å²) in [6.07, 6.45) is -0.0371. The fraction of sp³-hybridized carbons (Fsp3) is 0.636. The largest absolute Gasteiger partial charge is 0.355 e. The first-order chi connectivity index (χ1) is 14.7. The maximum Gasteiger partial charge on any atom is 0.268 e. The molecule has 0 bridgehead atoms. The normalized spacial score (nSPS) is 27.0. The Kier molecular flexibility index (Phi) is 6.06. The van der Waals surface area contributed by atoms with Crippen LogP contribution in [-0.4, -0.2) is 46.3 Å². The Labute approximate surface area is 185 Å². The molecule has 1 saturated carbocycles. The van der Waals surface area contributed by atoms with Crippen LogP contribution in [0.25, 0.3) is 0 Å². The van der Waals surface area contributed by atoms with Gasteiger partial charge in [0.25, 0.3) is 11.8 Å². The quantitative estimate of drug-likeness (QED) is 0.485. The number of carbonyl (C=O) groups is 3. The second-order valence-corrected chi connectivity index (χ2v) is 9.93. The van der Waals surface area contributed by atoms with E-state index in [-0.39, 0.29) is 30.9 Å². The molecule has 10 heteroatoms. The number of halogens is 2. The van der Waals surface area contributed by atoms with Gasteiger partial charge in [-0.1, -0.05) is 6.92 Å². The van der Waals surface area contributed by atoms with Crippen LogP contribution in [0, 0.1) is 29.6 Å². The fourth-order valence-corrected chi connectivity index (χ4v) is 4.29. The highest BCUT2D eigenvalue weighted by molar-refractivity contribution is 5.96.